The molecule has 2 aromatic rings. The van der Waals surface area contributed by atoms with Crippen LogP contribution in [0.3, 0.4) is 0 Å². The molecule has 0 unspecified atom stereocenters. The molecule has 6 heteroatoms. The number of alkyl halides is 2. The lowest BCUT2D eigenvalue weighted by molar-refractivity contribution is -0.129. The zero-order chi connectivity index (χ0) is 19.2. The van der Waals surface area contributed by atoms with Gasteiger partial charge in [-0.2, -0.15) is 0 Å². The molecule has 0 aliphatic carbocycles. The lowest BCUT2D eigenvalue weighted by atomic mass is 9.97. The smallest absolute Gasteiger partial charge is 0.354 e. The fourth-order valence-electron chi connectivity index (χ4n) is 2.85. The lowest BCUT2D eigenvalue weighted by Gasteiger charge is -2.08. The topological polar surface area (TPSA) is 62.5 Å². The fourth-order valence-corrected chi connectivity index (χ4v) is 2.85. The highest BCUT2D eigenvalue weighted by molar-refractivity contribution is 6.42. The van der Waals surface area contributed by atoms with Gasteiger partial charge in [-0.3, -0.25) is 4.98 Å². The second-order valence-electron chi connectivity index (χ2n) is 6.12. The molecular weight excluding hydrogens is 350 g/mol. The number of carboxylic acids is 1. The van der Waals surface area contributed by atoms with E-state index in [1.807, 2.05) is 12.1 Å². The summed E-state index contributed by atoms with van der Waals surface area (Å²) in [6.45, 7) is 0. The van der Waals surface area contributed by atoms with Crippen molar-refractivity contribution in [3.63, 3.8) is 0 Å². The summed E-state index contributed by atoms with van der Waals surface area (Å²) >= 11 is 0. The van der Waals surface area contributed by atoms with Gasteiger partial charge in [0.05, 0.1) is 5.70 Å². The molecule has 27 heavy (non-hydrogen) atoms. The van der Waals surface area contributed by atoms with Gasteiger partial charge in [-0.1, -0.05) is 30.3 Å². The molecule has 1 N–H and O–H groups in total. The number of aliphatic carboxylic acids is 1. The molecule has 0 bridgehead atoms. The van der Waals surface area contributed by atoms with Gasteiger partial charge in [0.15, 0.2) is 0 Å². The second kappa shape index (κ2) is 8.49. The minimum atomic E-state index is -2.53. The Morgan fingerprint density at radius 2 is 1.89 bits per heavy atom. The van der Waals surface area contributed by atoms with Crippen LogP contribution < -0.4 is 0 Å². The second-order valence-corrected chi connectivity index (χ2v) is 6.12. The van der Waals surface area contributed by atoms with E-state index >= 15 is 0 Å². The Kier molecular flexibility index (Phi) is 5.86. The first-order valence-electron chi connectivity index (χ1n) is 8.56. The average Bonchev–Trinajstić information content (AvgIpc) is 2.79. The van der Waals surface area contributed by atoms with Gasteiger partial charge in [-0.05, 0) is 48.6 Å². The predicted octanol–water partition coefficient (Wildman–Crippen LogP) is 5.15. The Morgan fingerprint density at radius 3 is 2.52 bits per heavy atom. The number of hydrogen-bond acceptors (Lipinski definition) is 3. The van der Waals surface area contributed by atoms with Crippen LogP contribution in [0.5, 0.6) is 0 Å². The minimum absolute atomic E-state index is 0.0601. The van der Waals surface area contributed by atoms with Crippen LogP contribution >= 0.6 is 0 Å². The predicted molar refractivity (Wildman–Crippen MR) is 101 cm³/mol. The van der Waals surface area contributed by atoms with E-state index in [2.05, 4.69) is 9.98 Å². The molecule has 1 aromatic carbocycles. The Balaban J connectivity index is 2.01. The van der Waals surface area contributed by atoms with E-state index in [4.69, 9.17) is 0 Å². The molecule has 0 spiro atoms. The van der Waals surface area contributed by atoms with Crippen molar-refractivity contribution in [1.29, 1.82) is 0 Å². The van der Waals surface area contributed by atoms with Crippen LogP contribution in [0.4, 0.5) is 8.78 Å². The number of hydrogen-bond donors (Lipinski definition) is 1. The summed E-state index contributed by atoms with van der Waals surface area (Å²) in [4.78, 5) is 20.1. The van der Waals surface area contributed by atoms with Gasteiger partial charge in [0, 0.05) is 23.5 Å². The molecular formula is C21H18F2N2O2. The van der Waals surface area contributed by atoms with E-state index in [-0.39, 0.29) is 11.3 Å². The van der Waals surface area contributed by atoms with Gasteiger partial charge in [0.2, 0.25) is 0 Å². The number of halogens is 2. The van der Waals surface area contributed by atoms with Crippen molar-refractivity contribution < 1.29 is 18.7 Å². The lowest BCUT2D eigenvalue weighted by Crippen LogP contribution is -2.11. The number of carbonyl (C=O) groups is 1. The first-order chi connectivity index (χ1) is 13.0. The third-order valence-electron chi connectivity index (χ3n) is 4.25. The highest BCUT2D eigenvalue weighted by Crippen LogP contribution is 2.27. The van der Waals surface area contributed by atoms with Crippen molar-refractivity contribution in [3.05, 3.63) is 77.6 Å². The van der Waals surface area contributed by atoms with E-state index in [0.717, 1.165) is 23.1 Å². The van der Waals surface area contributed by atoms with Crippen molar-refractivity contribution >= 4 is 23.0 Å². The van der Waals surface area contributed by atoms with Crippen molar-refractivity contribution in [2.75, 3.05) is 0 Å². The Bertz CT molecular complexity index is 902. The van der Waals surface area contributed by atoms with Crippen LogP contribution in [0.2, 0.25) is 0 Å². The summed E-state index contributed by atoms with van der Waals surface area (Å²) in [5.41, 5.74) is 2.63. The monoisotopic (exact) mass is 368 g/mol. The van der Waals surface area contributed by atoms with Gasteiger partial charge >= 0.3 is 5.97 Å². The maximum Gasteiger partial charge on any atom is 0.354 e. The van der Waals surface area contributed by atoms with Crippen LogP contribution in [-0.2, 0) is 4.79 Å². The standard InChI is InChI=1S/C21H18F2N2O2/c22-20(23)15-9-7-14(8-10-15)16-4-1-2-6-18(17-5-3-11-24-13-17)25-19(12-16)21(26)27/h3,5-13,20H,1-2,4H2,(H,26,27)/b16-12+,18-6-,25-19+. The van der Waals surface area contributed by atoms with E-state index in [1.54, 1.807) is 30.6 Å². The van der Waals surface area contributed by atoms with Crippen LogP contribution in [0.1, 0.15) is 42.4 Å². The van der Waals surface area contributed by atoms with E-state index in [1.165, 1.54) is 18.2 Å². The summed E-state index contributed by atoms with van der Waals surface area (Å²) in [5.74, 6) is -1.15. The van der Waals surface area contributed by atoms with Crippen molar-refractivity contribution in [2.24, 2.45) is 4.99 Å². The normalized spacial score (nSPS) is 20.9. The third kappa shape index (κ3) is 4.73. The SMILES string of the molecule is O=C(O)C1=N/C(c2cccnc2)=C\CCC/C(c2ccc(C(F)F)cc2)=C\1. The Morgan fingerprint density at radius 1 is 1.11 bits per heavy atom. The molecule has 2 heterocycles. The summed E-state index contributed by atoms with van der Waals surface area (Å²) in [7, 11) is 0. The van der Waals surface area contributed by atoms with Crippen molar-refractivity contribution in [1.82, 2.24) is 4.98 Å². The number of carboxylic acid groups (broad SMARTS) is 1. The van der Waals surface area contributed by atoms with Gasteiger partial charge < -0.3 is 5.11 Å². The number of rotatable bonds is 4. The van der Waals surface area contributed by atoms with E-state index in [9.17, 15) is 18.7 Å². The van der Waals surface area contributed by atoms with Crippen molar-refractivity contribution in [3.8, 4) is 0 Å². The number of aromatic nitrogens is 1. The summed E-state index contributed by atoms with van der Waals surface area (Å²) < 4.78 is 25.5. The molecule has 0 atom stereocenters. The molecule has 1 aromatic heterocycles. The first kappa shape index (κ1) is 18.6. The Hall–Kier alpha value is -3.15. The van der Waals surface area contributed by atoms with Gasteiger partial charge in [0.25, 0.3) is 6.43 Å². The maximum atomic E-state index is 12.8. The fraction of sp³-hybridized carbons (Fsp3) is 0.190. The molecule has 0 amide bonds. The quantitative estimate of drug-likeness (QED) is 0.811. The summed E-state index contributed by atoms with van der Waals surface area (Å²) in [6.07, 6.45) is 6.30. The van der Waals surface area contributed by atoms with E-state index in [0.29, 0.717) is 18.5 Å². The molecule has 3 rings (SSSR count). The summed E-state index contributed by atoms with van der Waals surface area (Å²) in [6, 6.07) is 9.52. The molecule has 4 nitrogen and oxygen atoms in total. The minimum Gasteiger partial charge on any atom is -0.477 e. The number of benzene rings is 1. The summed E-state index contributed by atoms with van der Waals surface area (Å²) in [5, 5.41) is 9.58. The van der Waals surface area contributed by atoms with Crippen molar-refractivity contribution in [2.45, 2.75) is 25.7 Å². The zero-order valence-electron chi connectivity index (χ0n) is 14.5. The molecule has 138 valence electrons. The largest absolute Gasteiger partial charge is 0.477 e. The van der Waals surface area contributed by atoms with Crippen LogP contribution in [0, 0.1) is 0 Å². The Labute approximate surface area is 155 Å². The maximum absolute atomic E-state index is 12.8. The number of pyridine rings is 1. The number of nitrogens with zero attached hydrogens (tertiary/aromatic N) is 2. The van der Waals surface area contributed by atoms with Crippen LogP contribution in [0.25, 0.3) is 11.3 Å². The molecule has 1 aliphatic heterocycles. The van der Waals surface area contributed by atoms with Crippen LogP contribution in [0.15, 0.2) is 65.9 Å². The molecule has 0 radical (unpaired) electrons. The molecule has 0 saturated carbocycles. The molecule has 0 saturated heterocycles. The van der Waals surface area contributed by atoms with E-state index < -0.39 is 12.4 Å². The highest BCUT2D eigenvalue weighted by atomic mass is 19.3. The van der Waals surface area contributed by atoms with Gasteiger partial charge in [-0.25, -0.2) is 18.6 Å². The zero-order valence-corrected chi connectivity index (χ0v) is 14.5. The first-order valence-corrected chi connectivity index (χ1v) is 8.56. The molecule has 1 aliphatic rings. The number of aliphatic imine (C=N–C) groups is 1. The van der Waals surface area contributed by atoms with Gasteiger partial charge in [0.1, 0.15) is 5.71 Å². The molecule has 0 fully saturated rings. The average molecular weight is 368 g/mol. The number of allylic oxidation sites excluding steroid dienone is 2. The van der Waals surface area contributed by atoms with Gasteiger partial charge in [-0.15, -0.1) is 0 Å². The van der Waals surface area contributed by atoms with Crippen LogP contribution in [-0.4, -0.2) is 21.8 Å². The third-order valence-corrected chi connectivity index (χ3v) is 4.25. The highest BCUT2D eigenvalue weighted by Gasteiger charge is 2.14.